The Labute approximate surface area is 637 Å². The van der Waals surface area contributed by atoms with Gasteiger partial charge in [0.25, 0.3) is 0 Å². The summed E-state index contributed by atoms with van der Waals surface area (Å²) in [4.78, 5) is 0. The Kier molecular flexibility index (Phi) is 25.7. The van der Waals surface area contributed by atoms with Crippen molar-refractivity contribution in [2.24, 2.45) is 0 Å². The number of rotatable bonds is 16. The predicted octanol–water partition coefficient (Wildman–Crippen LogP) is 26.6. The van der Waals surface area contributed by atoms with Gasteiger partial charge in [0.1, 0.15) is 11.2 Å². The van der Waals surface area contributed by atoms with Crippen LogP contribution in [0.1, 0.15) is 72.3 Å². The van der Waals surface area contributed by atoms with E-state index in [0.29, 0.717) is 0 Å². The molecule has 18 rings (SSSR count). The molecule has 0 saturated carbocycles. The minimum absolute atomic E-state index is 0.164. The van der Waals surface area contributed by atoms with Gasteiger partial charge in [-0.3, -0.25) is 0 Å². The highest BCUT2D eigenvalue weighted by Crippen LogP contribution is 2.59. The summed E-state index contributed by atoms with van der Waals surface area (Å²) in [5, 5.41) is 0. The normalized spacial score (nSPS) is 14.0. The fraction of sp³-hybridized carbons (Fsp3) is 0.0784. The standard InChI is InChI=1S/2C16H14.2C14H12O.2C14H12S.C14H12/c2*1-3-13-11-8-12-16(15(13)4-2)14-9-6-5-7-10-14;4*1-3-7-12(8-4-1)14(11-15-14)13-9-5-2-6-10-13;1-2-12-8-10-14(11-9-12)13-6-4-3-5-7-13/h2*3-12H,1-2H2;4*1-10H,11H2;2-11H,1H2. The molecule has 0 radical (unpaired) electrons. The maximum atomic E-state index is 5.67. The van der Waals surface area contributed by atoms with Crippen molar-refractivity contribution in [3.8, 4) is 33.4 Å². The maximum absolute atomic E-state index is 5.67. The zero-order valence-corrected chi connectivity index (χ0v) is 61.5. The first-order valence-corrected chi connectivity index (χ1v) is 37.9. The summed E-state index contributed by atoms with van der Waals surface area (Å²) in [5.41, 5.74) is 23.4. The Morgan fingerprint density at radius 3 is 0.670 bits per heavy atom. The molecule has 4 heteroatoms. The van der Waals surface area contributed by atoms with Crippen molar-refractivity contribution in [3.63, 3.8) is 0 Å². The van der Waals surface area contributed by atoms with E-state index in [0.717, 1.165) is 41.0 Å². The molecular weight excluding hydrogens is 1320 g/mol. The molecule has 0 atom stereocenters. The van der Waals surface area contributed by atoms with E-state index in [4.69, 9.17) is 9.47 Å². The molecule has 0 spiro atoms. The van der Waals surface area contributed by atoms with Crippen LogP contribution in [0.3, 0.4) is 0 Å². The third kappa shape index (κ3) is 18.5. The number of ether oxygens (including phenoxy) is 2. The molecule has 0 aliphatic carbocycles. The average Bonchev–Trinajstić information content (AvgIpc) is 1.61. The second-order valence-corrected chi connectivity index (χ2v) is 28.3. The molecule has 4 aliphatic heterocycles. The second-order valence-electron chi connectivity index (χ2n) is 25.7. The Hall–Kier alpha value is -11.6. The average molecular weight is 1410 g/mol. The van der Waals surface area contributed by atoms with Crippen LogP contribution in [0.2, 0.25) is 0 Å². The van der Waals surface area contributed by atoms with Crippen LogP contribution in [-0.2, 0) is 30.2 Å². The third-order valence-corrected chi connectivity index (χ3v) is 21.9. The Morgan fingerprint density at radius 1 is 0.226 bits per heavy atom. The van der Waals surface area contributed by atoms with Gasteiger partial charge in [0.2, 0.25) is 0 Å². The lowest BCUT2D eigenvalue weighted by Crippen LogP contribution is -2.09. The van der Waals surface area contributed by atoms with E-state index in [9.17, 15) is 0 Å². The van der Waals surface area contributed by atoms with E-state index >= 15 is 0 Å². The zero-order valence-electron chi connectivity index (χ0n) is 59.9. The fourth-order valence-electron chi connectivity index (χ4n) is 13.1. The van der Waals surface area contributed by atoms with Gasteiger partial charge in [-0.2, -0.15) is 0 Å². The van der Waals surface area contributed by atoms with Crippen molar-refractivity contribution in [1.82, 2.24) is 0 Å². The lowest BCUT2D eigenvalue weighted by molar-refractivity contribution is 0.349. The molecule has 0 unspecified atom stereocenters. The van der Waals surface area contributed by atoms with Gasteiger partial charge in [0.15, 0.2) is 0 Å². The summed E-state index contributed by atoms with van der Waals surface area (Å²) in [6.45, 7) is 20.7. The minimum Gasteiger partial charge on any atom is -0.359 e. The molecule has 14 aromatic carbocycles. The first-order chi connectivity index (χ1) is 52.3. The van der Waals surface area contributed by atoms with Crippen molar-refractivity contribution >= 4 is 53.9 Å². The van der Waals surface area contributed by atoms with Crippen LogP contribution < -0.4 is 0 Å². The number of epoxide rings is 2. The summed E-state index contributed by atoms with van der Waals surface area (Å²) in [6.07, 6.45) is 9.36. The van der Waals surface area contributed by atoms with Crippen molar-refractivity contribution < 1.29 is 9.47 Å². The van der Waals surface area contributed by atoms with Crippen LogP contribution in [0.5, 0.6) is 0 Å². The van der Waals surface area contributed by atoms with Gasteiger partial charge in [-0.25, -0.2) is 0 Å². The van der Waals surface area contributed by atoms with Crippen LogP contribution in [0.4, 0.5) is 0 Å². The molecule has 0 aromatic heterocycles. The molecule has 14 aromatic rings. The quantitative estimate of drug-likeness (QED) is 0.0900. The van der Waals surface area contributed by atoms with Crippen molar-refractivity contribution in [2.45, 2.75) is 20.7 Å². The minimum atomic E-state index is -0.164. The number of thioether (sulfide) groups is 2. The molecule has 2 nitrogen and oxygen atoms in total. The molecule has 520 valence electrons. The van der Waals surface area contributed by atoms with Gasteiger partial charge < -0.3 is 9.47 Å². The van der Waals surface area contributed by atoms with Gasteiger partial charge in [0.05, 0.1) is 22.7 Å². The Balaban J connectivity index is 0.000000116. The summed E-state index contributed by atoms with van der Waals surface area (Å²) >= 11 is 4.04. The number of hydrogen-bond donors (Lipinski definition) is 0. The van der Waals surface area contributed by atoms with Gasteiger partial charge in [-0.15, -0.1) is 23.5 Å². The van der Waals surface area contributed by atoms with E-state index in [1.54, 1.807) is 0 Å². The Morgan fingerprint density at radius 2 is 0.453 bits per heavy atom. The molecule has 106 heavy (non-hydrogen) atoms. The zero-order chi connectivity index (χ0) is 73.1. The summed E-state index contributed by atoms with van der Waals surface area (Å²) in [6, 6.07) is 137. The topological polar surface area (TPSA) is 25.1 Å². The van der Waals surface area contributed by atoms with E-state index in [1.165, 1.54) is 89.4 Å². The van der Waals surface area contributed by atoms with Crippen LogP contribution in [0, 0.1) is 0 Å². The first kappa shape index (κ1) is 74.1. The molecule has 4 heterocycles. The van der Waals surface area contributed by atoms with Gasteiger partial charge in [0, 0.05) is 11.5 Å². The summed E-state index contributed by atoms with van der Waals surface area (Å²) in [5.74, 6) is 2.42. The van der Waals surface area contributed by atoms with Crippen LogP contribution in [0.25, 0.3) is 63.8 Å². The predicted molar refractivity (Wildman–Crippen MR) is 458 cm³/mol. The largest absolute Gasteiger partial charge is 0.359 e. The van der Waals surface area contributed by atoms with Gasteiger partial charge in [-0.1, -0.05) is 458 Å². The third-order valence-electron chi connectivity index (χ3n) is 19.2. The molecule has 4 fully saturated rings. The van der Waals surface area contributed by atoms with E-state index in [-0.39, 0.29) is 20.7 Å². The van der Waals surface area contributed by atoms with E-state index in [2.05, 4.69) is 348 Å². The number of benzene rings is 14. The van der Waals surface area contributed by atoms with Gasteiger partial charge >= 0.3 is 0 Å². The van der Waals surface area contributed by atoms with Crippen molar-refractivity contribution in [2.75, 3.05) is 24.7 Å². The monoisotopic (exact) mass is 1410 g/mol. The van der Waals surface area contributed by atoms with E-state index < -0.39 is 0 Å². The van der Waals surface area contributed by atoms with Gasteiger partial charge in [-0.05, 0) is 106 Å². The summed E-state index contributed by atoms with van der Waals surface area (Å²) < 4.78 is 11.8. The molecule has 4 aliphatic rings. The van der Waals surface area contributed by atoms with Crippen LogP contribution in [-0.4, -0.2) is 24.7 Å². The van der Waals surface area contributed by atoms with E-state index in [1.807, 2.05) is 133 Å². The maximum Gasteiger partial charge on any atom is 0.142 e. The number of hydrogen-bond acceptors (Lipinski definition) is 4. The highest BCUT2D eigenvalue weighted by Gasteiger charge is 2.50. The smallest absolute Gasteiger partial charge is 0.142 e. The molecule has 4 saturated heterocycles. The van der Waals surface area contributed by atoms with Crippen LogP contribution >= 0.6 is 23.5 Å². The van der Waals surface area contributed by atoms with Crippen molar-refractivity contribution in [3.05, 3.63) is 500 Å². The van der Waals surface area contributed by atoms with Crippen molar-refractivity contribution in [1.29, 1.82) is 0 Å². The second kappa shape index (κ2) is 36.7. The van der Waals surface area contributed by atoms with Crippen LogP contribution in [0.15, 0.2) is 427 Å². The lowest BCUT2D eigenvalue weighted by Gasteiger charge is -2.13. The first-order valence-electron chi connectivity index (χ1n) is 35.9. The highest BCUT2D eigenvalue weighted by atomic mass is 32.2. The Bertz CT molecular complexity index is 4400. The highest BCUT2D eigenvalue weighted by molar-refractivity contribution is 8.07. The SMILES string of the molecule is C=Cc1ccc(-c2ccccc2)cc1.C=Cc1cccc(-c2ccccc2)c1C=C.C=Cc1cccc(-c2ccccc2)c1C=C.c1ccc(C2(c3ccccc3)CO2)cc1.c1ccc(C2(c3ccccc3)CO2)cc1.c1ccc(C2(c3ccccc3)CS2)cc1.c1ccc(C2(c3ccccc3)CS2)cc1. The summed E-state index contributed by atoms with van der Waals surface area (Å²) in [7, 11) is 0. The molecule has 0 bridgehead atoms. The lowest BCUT2D eigenvalue weighted by atomic mass is 9.92. The molecule has 0 N–H and O–H groups in total. The molecule has 0 amide bonds. The molecular formula is C102H88O2S2. The fourth-order valence-corrected chi connectivity index (χ4v) is 15.3.